The lowest BCUT2D eigenvalue weighted by Gasteiger charge is -2.12. The number of rotatable bonds is 6. The molecule has 4 nitrogen and oxygen atoms in total. The Balaban J connectivity index is 2.20. The van der Waals surface area contributed by atoms with Crippen molar-refractivity contribution in [2.24, 2.45) is 0 Å². The van der Waals surface area contributed by atoms with Gasteiger partial charge >= 0.3 is 0 Å². The van der Waals surface area contributed by atoms with E-state index in [2.05, 4.69) is 22.2 Å². The van der Waals surface area contributed by atoms with Crippen molar-refractivity contribution in [3.8, 4) is 0 Å². The highest BCUT2D eigenvalue weighted by molar-refractivity contribution is 4.97. The van der Waals surface area contributed by atoms with E-state index >= 15 is 0 Å². The van der Waals surface area contributed by atoms with Gasteiger partial charge < -0.3 is 10.4 Å². The van der Waals surface area contributed by atoms with Gasteiger partial charge in [-0.3, -0.25) is 0 Å². The van der Waals surface area contributed by atoms with Crippen LogP contribution < -0.4 is 5.32 Å². The molecule has 1 rings (SSSR count). The lowest BCUT2D eigenvalue weighted by atomic mass is 10.2. The largest absolute Gasteiger partial charge is 0.396 e. The number of nitrogens with zero attached hydrogens (tertiary/aromatic N) is 2. The van der Waals surface area contributed by atoms with Crippen molar-refractivity contribution in [2.75, 3.05) is 6.61 Å². The first kappa shape index (κ1) is 11.1. The molecule has 14 heavy (non-hydrogen) atoms. The molecule has 1 aromatic rings. The van der Waals surface area contributed by atoms with Crippen LogP contribution in [0, 0.1) is 0 Å². The molecular formula is C10H17N3O. The molecule has 0 aromatic carbocycles. The molecule has 1 aromatic heterocycles. The zero-order valence-corrected chi connectivity index (χ0v) is 8.48. The second-order valence-corrected chi connectivity index (χ2v) is 3.35. The van der Waals surface area contributed by atoms with Crippen molar-refractivity contribution in [3.05, 3.63) is 24.3 Å². The van der Waals surface area contributed by atoms with Crippen molar-refractivity contribution in [1.82, 2.24) is 15.3 Å². The van der Waals surface area contributed by atoms with Gasteiger partial charge in [-0.25, -0.2) is 9.97 Å². The molecule has 0 aliphatic rings. The first-order valence-corrected chi connectivity index (χ1v) is 4.92. The maximum Gasteiger partial charge on any atom is 0.115 e. The number of aliphatic hydroxyl groups is 1. The lowest BCUT2D eigenvalue weighted by molar-refractivity contribution is 0.276. The Kier molecular flexibility index (Phi) is 5.11. The normalized spacial score (nSPS) is 12.7. The third-order valence-electron chi connectivity index (χ3n) is 2.07. The number of aliphatic hydroxyl groups excluding tert-OH is 1. The third-order valence-corrected chi connectivity index (χ3v) is 2.07. The Morgan fingerprint density at radius 1 is 1.57 bits per heavy atom. The lowest BCUT2D eigenvalue weighted by Crippen LogP contribution is -2.26. The number of aromatic nitrogens is 2. The Morgan fingerprint density at radius 3 is 3.07 bits per heavy atom. The topological polar surface area (TPSA) is 58.0 Å². The predicted octanol–water partition coefficient (Wildman–Crippen LogP) is 0.727. The van der Waals surface area contributed by atoms with Gasteiger partial charge in [-0.1, -0.05) is 0 Å². The fourth-order valence-corrected chi connectivity index (χ4v) is 1.20. The average molecular weight is 195 g/mol. The van der Waals surface area contributed by atoms with Gasteiger partial charge in [0.05, 0.1) is 5.69 Å². The van der Waals surface area contributed by atoms with Gasteiger partial charge in [0, 0.05) is 25.4 Å². The monoisotopic (exact) mass is 195 g/mol. The number of nitrogens with one attached hydrogen (secondary N) is 1. The summed E-state index contributed by atoms with van der Waals surface area (Å²) in [6.07, 6.45) is 5.12. The minimum atomic E-state index is 0.263. The molecule has 0 spiro atoms. The SMILES string of the molecule is CC(CCCO)NCc1ccncn1. The van der Waals surface area contributed by atoms with Crippen LogP contribution in [-0.4, -0.2) is 27.7 Å². The first-order chi connectivity index (χ1) is 6.83. The maximum atomic E-state index is 8.65. The standard InChI is InChI=1S/C10H17N3O/c1-9(3-2-6-14)12-7-10-4-5-11-8-13-10/h4-5,8-9,12,14H,2-3,6-7H2,1H3. The van der Waals surface area contributed by atoms with Gasteiger partial charge in [-0.2, -0.15) is 0 Å². The molecule has 0 saturated carbocycles. The van der Waals surface area contributed by atoms with E-state index in [-0.39, 0.29) is 6.61 Å². The summed E-state index contributed by atoms with van der Waals surface area (Å²) in [5.74, 6) is 0. The molecule has 0 fully saturated rings. The van der Waals surface area contributed by atoms with Crippen molar-refractivity contribution >= 4 is 0 Å². The van der Waals surface area contributed by atoms with Crippen LogP contribution in [0.3, 0.4) is 0 Å². The minimum absolute atomic E-state index is 0.263. The smallest absolute Gasteiger partial charge is 0.115 e. The molecule has 0 radical (unpaired) electrons. The molecule has 1 unspecified atom stereocenters. The Morgan fingerprint density at radius 2 is 2.43 bits per heavy atom. The van der Waals surface area contributed by atoms with Gasteiger partial charge in [-0.05, 0) is 25.8 Å². The molecular weight excluding hydrogens is 178 g/mol. The molecule has 0 aliphatic heterocycles. The summed E-state index contributed by atoms with van der Waals surface area (Å²) in [6, 6.07) is 2.31. The molecule has 0 bridgehead atoms. The summed E-state index contributed by atoms with van der Waals surface area (Å²) in [5, 5.41) is 12.0. The predicted molar refractivity (Wildman–Crippen MR) is 54.7 cm³/mol. The number of hydrogen-bond donors (Lipinski definition) is 2. The van der Waals surface area contributed by atoms with Crippen molar-refractivity contribution in [1.29, 1.82) is 0 Å². The van der Waals surface area contributed by atoms with E-state index in [4.69, 9.17) is 5.11 Å². The van der Waals surface area contributed by atoms with Gasteiger partial charge in [0.25, 0.3) is 0 Å². The van der Waals surface area contributed by atoms with E-state index in [1.807, 2.05) is 6.07 Å². The Hall–Kier alpha value is -1.00. The van der Waals surface area contributed by atoms with Gasteiger partial charge in [0.1, 0.15) is 6.33 Å². The molecule has 2 N–H and O–H groups in total. The Bertz CT molecular complexity index is 240. The maximum absolute atomic E-state index is 8.65. The van der Waals surface area contributed by atoms with Crippen molar-refractivity contribution in [3.63, 3.8) is 0 Å². The summed E-state index contributed by atoms with van der Waals surface area (Å²) >= 11 is 0. The van der Waals surface area contributed by atoms with E-state index in [0.717, 1.165) is 25.1 Å². The van der Waals surface area contributed by atoms with E-state index in [1.165, 1.54) is 0 Å². The molecule has 4 heteroatoms. The van der Waals surface area contributed by atoms with Gasteiger partial charge in [-0.15, -0.1) is 0 Å². The molecule has 0 amide bonds. The van der Waals surface area contributed by atoms with Crippen molar-refractivity contribution in [2.45, 2.75) is 32.4 Å². The van der Waals surface area contributed by atoms with E-state index < -0.39 is 0 Å². The molecule has 0 aliphatic carbocycles. The van der Waals surface area contributed by atoms with Gasteiger partial charge in [0.2, 0.25) is 0 Å². The number of hydrogen-bond acceptors (Lipinski definition) is 4. The summed E-state index contributed by atoms with van der Waals surface area (Å²) in [6.45, 7) is 3.13. The Labute approximate surface area is 84.4 Å². The fraction of sp³-hybridized carbons (Fsp3) is 0.600. The third kappa shape index (κ3) is 4.30. The van der Waals surface area contributed by atoms with Crippen LogP contribution in [0.15, 0.2) is 18.6 Å². The summed E-state index contributed by atoms with van der Waals surface area (Å²) in [4.78, 5) is 7.96. The van der Waals surface area contributed by atoms with Crippen LogP contribution in [0.4, 0.5) is 0 Å². The molecule has 78 valence electrons. The van der Waals surface area contributed by atoms with E-state index in [9.17, 15) is 0 Å². The highest BCUT2D eigenvalue weighted by Gasteiger charge is 2.00. The van der Waals surface area contributed by atoms with E-state index in [1.54, 1.807) is 12.5 Å². The van der Waals surface area contributed by atoms with Gasteiger partial charge in [0.15, 0.2) is 0 Å². The van der Waals surface area contributed by atoms with E-state index in [0.29, 0.717) is 6.04 Å². The van der Waals surface area contributed by atoms with Crippen LogP contribution in [0.25, 0.3) is 0 Å². The highest BCUT2D eigenvalue weighted by atomic mass is 16.2. The summed E-state index contributed by atoms with van der Waals surface area (Å²) in [7, 11) is 0. The zero-order valence-electron chi connectivity index (χ0n) is 8.48. The van der Waals surface area contributed by atoms with Crippen LogP contribution in [0.1, 0.15) is 25.5 Å². The van der Waals surface area contributed by atoms with Crippen LogP contribution in [0.2, 0.25) is 0 Å². The molecule has 1 heterocycles. The quantitative estimate of drug-likeness (QED) is 0.702. The molecule has 0 saturated heterocycles. The van der Waals surface area contributed by atoms with Crippen LogP contribution in [-0.2, 0) is 6.54 Å². The first-order valence-electron chi connectivity index (χ1n) is 4.92. The minimum Gasteiger partial charge on any atom is -0.396 e. The molecule has 1 atom stereocenters. The van der Waals surface area contributed by atoms with Crippen molar-refractivity contribution < 1.29 is 5.11 Å². The highest BCUT2D eigenvalue weighted by Crippen LogP contribution is 1.97. The second kappa shape index (κ2) is 6.45. The summed E-state index contributed by atoms with van der Waals surface area (Å²) < 4.78 is 0. The average Bonchev–Trinajstić information content (AvgIpc) is 2.25. The van der Waals surface area contributed by atoms with Crippen LogP contribution in [0.5, 0.6) is 0 Å². The zero-order chi connectivity index (χ0) is 10.2. The second-order valence-electron chi connectivity index (χ2n) is 3.35. The van der Waals surface area contributed by atoms with Crippen LogP contribution >= 0.6 is 0 Å². The fourth-order valence-electron chi connectivity index (χ4n) is 1.20. The summed E-state index contributed by atoms with van der Waals surface area (Å²) in [5.41, 5.74) is 0.996.